The number of nitrogens with zero attached hydrogens (tertiary/aromatic N) is 1. The van der Waals surface area contributed by atoms with E-state index in [9.17, 15) is 0 Å². The summed E-state index contributed by atoms with van der Waals surface area (Å²) >= 11 is 0. The van der Waals surface area contributed by atoms with Gasteiger partial charge in [-0.05, 0) is 39.4 Å². The van der Waals surface area contributed by atoms with Gasteiger partial charge in [0.1, 0.15) is 0 Å². The zero-order valence-electron chi connectivity index (χ0n) is 10.8. The second-order valence-electron chi connectivity index (χ2n) is 5.30. The lowest BCUT2D eigenvalue weighted by molar-refractivity contribution is 0.296. The average molecular weight is 212 g/mol. The van der Waals surface area contributed by atoms with Gasteiger partial charge >= 0.3 is 0 Å². The fraction of sp³-hybridized carbons (Fsp3) is 1.00. The quantitative estimate of drug-likeness (QED) is 0.697. The molecule has 1 aliphatic rings. The van der Waals surface area contributed by atoms with Gasteiger partial charge in [-0.25, -0.2) is 0 Å². The third kappa shape index (κ3) is 5.53. The number of rotatable bonds is 7. The van der Waals surface area contributed by atoms with E-state index < -0.39 is 0 Å². The topological polar surface area (TPSA) is 15.3 Å². The summed E-state index contributed by atoms with van der Waals surface area (Å²) in [6, 6.07) is 0.711. The smallest absolute Gasteiger partial charge is 0.0197 e. The molecule has 0 aromatic heterocycles. The van der Waals surface area contributed by atoms with Crippen LogP contribution < -0.4 is 5.32 Å². The maximum atomic E-state index is 3.69. The standard InChI is InChI=1S/C13H28N2/c1-4-9-14-13(11-15(2)3)10-12-7-5-6-8-12/h12-14H,4-11H2,1-3H3. The summed E-state index contributed by atoms with van der Waals surface area (Å²) in [6.45, 7) is 4.61. The average Bonchev–Trinajstić information content (AvgIpc) is 2.66. The molecule has 2 heteroatoms. The zero-order chi connectivity index (χ0) is 11.1. The molecule has 2 nitrogen and oxygen atoms in total. The van der Waals surface area contributed by atoms with Crippen molar-refractivity contribution < 1.29 is 0 Å². The lowest BCUT2D eigenvalue weighted by Gasteiger charge is -2.24. The number of hydrogen-bond donors (Lipinski definition) is 1. The van der Waals surface area contributed by atoms with Crippen molar-refractivity contribution in [3.8, 4) is 0 Å². The summed E-state index contributed by atoms with van der Waals surface area (Å²) in [6.07, 6.45) is 8.50. The highest BCUT2D eigenvalue weighted by Gasteiger charge is 2.19. The molecule has 0 bridgehead atoms. The predicted molar refractivity (Wildman–Crippen MR) is 67.2 cm³/mol. The minimum absolute atomic E-state index is 0.711. The Morgan fingerprint density at radius 3 is 2.47 bits per heavy atom. The maximum absolute atomic E-state index is 3.69. The molecular formula is C13H28N2. The molecule has 0 saturated heterocycles. The largest absolute Gasteiger partial charge is 0.313 e. The molecule has 1 unspecified atom stereocenters. The van der Waals surface area contributed by atoms with E-state index >= 15 is 0 Å². The molecule has 0 aromatic rings. The van der Waals surface area contributed by atoms with Crippen molar-refractivity contribution in [3.63, 3.8) is 0 Å². The van der Waals surface area contributed by atoms with E-state index in [0.717, 1.165) is 5.92 Å². The Balaban J connectivity index is 2.26. The van der Waals surface area contributed by atoms with E-state index in [1.165, 1.54) is 51.6 Å². The first kappa shape index (κ1) is 13.0. The van der Waals surface area contributed by atoms with E-state index in [1.54, 1.807) is 0 Å². The van der Waals surface area contributed by atoms with Gasteiger partial charge in [0.2, 0.25) is 0 Å². The molecule has 0 aromatic carbocycles. The summed E-state index contributed by atoms with van der Waals surface area (Å²) in [5, 5.41) is 3.69. The Bertz CT molecular complexity index is 151. The molecule has 15 heavy (non-hydrogen) atoms. The van der Waals surface area contributed by atoms with Crippen molar-refractivity contribution in [2.24, 2.45) is 5.92 Å². The molecule has 90 valence electrons. The second-order valence-corrected chi connectivity index (χ2v) is 5.30. The van der Waals surface area contributed by atoms with E-state index in [-0.39, 0.29) is 0 Å². The van der Waals surface area contributed by atoms with Crippen LogP contribution >= 0.6 is 0 Å². The van der Waals surface area contributed by atoms with Gasteiger partial charge in [0.25, 0.3) is 0 Å². The van der Waals surface area contributed by atoms with Crippen LogP contribution in [0.4, 0.5) is 0 Å². The van der Waals surface area contributed by atoms with Crippen molar-refractivity contribution in [1.29, 1.82) is 0 Å². The first-order chi connectivity index (χ1) is 7.22. The van der Waals surface area contributed by atoms with Gasteiger partial charge in [0.05, 0.1) is 0 Å². The highest BCUT2D eigenvalue weighted by atomic mass is 15.1. The molecule has 0 spiro atoms. The van der Waals surface area contributed by atoms with Gasteiger partial charge in [0, 0.05) is 12.6 Å². The molecule has 0 radical (unpaired) electrons. The van der Waals surface area contributed by atoms with Crippen LogP contribution in [0.3, 0.4) is 0 Å². The van der Waals surface area contributed by atoms with Gasteiger partial charge in [-0.2, -0.15) is 0 Å². The van der Waals surface area contributed by atoms with Crippen LogP contribution in [-0.4, -0.2) is 38.1 Å². The van der Waals surface area contributed by atoms with Crippen LogP contribution in [0, 0.1) is 5.92 Å². The molecule has 1 fully saturated rings. The highest BCUT2D eigenvalue weighted by molar-refractivity contribution is 4.77. The molecule has 1 saturated carbocycles. The van der Waals surface area contributed by atoms with Gasteiger partial charge in [-0.3, -0.25) is 0 Å². The fourth-order valence-electron chi connectivity index (χ4n) is 2.66. The number of likely N-dealkylation sites (N-methyl/N-ethyl adjacent to an activating group) is 1. The van der Waals surface area contributed by atoms with Gasteiger partial charge in [0.15, 0.2) is 0 Å². The van der Waals surface area contributed by atoms with Crippen molar-refractivity contribution in [1.82, 2.24) is 10.2 Å². The minimum atomic E-state index is 0.711. The summed E-state index contributed by atoms with van der Waals surface area (Å²) < 4.78 is 0. The van der Waals surface area contributed by atoms with E-state index in [4.69, 9.17) is 0 Å². The molecule has 1 atom stereocenters. The van der Waals surface area contributed by atoms with Crippen LogP contribution in [0.2, 0.25) is 0 Å². The summed E-state index contributed by atoms with van der Waals surface area (Å²) in [7, 11) is 4.35. The summed E-state index contributed by atoms with van der Waals surface area (Å²) in [5.74, 6) is 0.999. The van der Waals surface area contributed by atoms with Crippen LogP contribution in [0.1, 0.15) is 45.4 Å². The number of nitrogens with one attached hydrogen (secondary N) is 1. The molecule has 0 heterocycles. The zero-order valence-corrected chi connectivity index (χ0v) is 10.8. The third-order valence-corrected chi connectivity index (χ3v) is 3.36. The van der Waals surface area contributed by atoms with Gasteiger partial charge in [-0.15, -0.1) is 0 Å². The first-order valence-corrected chi connectivity index (χ1v) is 6.60. The molecule has 0 aliphatic heterocycles. The van der Waals surface area contributed by atoms with E-state index in [1.807, 2.05) is 0 Å². The Morgan fingerprint density at radius 1 is 1.27 bits per heavy atom. The fourth-order valence-corrected chi connectivity index (χ4v) is 2.66. The van der Waals surface area contributed by atoms with Gasteiger partial charge < -0.3 is 10.2 Å². The maximum Gasteiger partial charge on any atom is 0.0197 e. The van der Waals surface area contributed by atoms with E-state index in [2.05, 4.69) is 31.2 Å². The van der Waals surface area contributed by atoms with Crippen molar-refractivity contribution >= 4 is 0 Å². The van der Waals surface area contributed by atoms with Crippen molar-refractivity contribution in [2.45, 2.75) is 51.5 Å². The van der Waals surface area contributed by atoms with Crippen LogP contribution in [0.25, 0.3) is 0 Å². The first-order valence-electron chi connectivity index (χ1n) is 6.60. The molecule has 1 rings (SSSR count). The third-order valence-electron chi connectivity index (χ3n) is 3.36. The Labute approximate surface area is 95.4 Å². The Kier molecular flexibility index (Phi) is 6.26. The molecule has 0 amide bonds. The summed E-state index contributed by atoms with van der Waals surface area (Å²) in [5.41, 5.74) is 0. The van der Waals surface area contributed by atoms with Gasteiger partial charge in [-0.1, -0.05) is 32.6 Å². The lowest BCUT2D eigenvalue weighted by atomic mass is 9.98. The SMILES string of the molecule is CCCNC(CC1CCCC1)CN(C)C. The molecular weight excluding hydrogens is 184 g/mol. The second kappa shape index (κ2) is 7.24. The monoisotopic (exact) mass is 212 g/mol. The number of hydrogen-bond acceptors (Lipinski definition) is 2. The van der Waals surface area contributed by atoms with Crippen LogP contribution in [0.5, 0.6) is 0 Å². The Morgan fingerprint density at radius 2 is 1.93 bits per heavy atom. The normalized spacial score (nSPS) is 20.0. The minimum Gasteiger partial charge on any atom is -0.313 e. The summed E-state index contributed by atoms with van der Waals surface area (Å²) in [4.78, 5) is 2.31. The predicted octanol–water partition coefficient (Wildman–Crippen LogP) is 2.50. The molecule has 1 aliphatic carbocycles. The van der Waals surface area contributed by atoms with Crippen LogP contribution in [-0.2, 0) is 0 Å². The van der Waals surface area contributed by atoms with Crippen molar-refractivity contribution in [2.75, 3.05) is 27.2 Å². The highest BCUT2D eigenvalue weighted by Crippen LogP contribution is 2.28. The Hall–Kier alpha value is -0.0800. The molecule has 1 N–H and O–H groups in total. The lowest BCUT2D eigenvalue weighted by Crippen LogP contribution is -2.39. The van der Waals surface area contributed by atoms with E-state index in [0.29, 0.717) is 6.04 Å². The van der Waals surface area contributed by atoms with Crippen LogP contribution in [0.15, 0.2) is 0 Å². The van der Waals surface area contributed by atoms with Crippen molar-refractivity contribution in [3.05, 3.63) is 0 Å².